The molecule has 0 N–H and O–H groups in total. The highest BCUT2D eigenvalue weighted by Crippen LogP contribution is 2.25. The summed E-state index contributed by atoms with van der Waals surface area (Å²) >= 11 is 0. The summed E-state index contributed by atoms with van der Waals surface area (Å²) in [4.78, 5) is 0. The second kappa shape index (κ2) is 7.58. The molecule has 0 aliphatic rings. The monoisotopic (exact) mass is 324 g/mol. The van der Waals surface area contributed by atoms with Crippen molar-refractivity contribution in [3.8, 4) is 0 Å². The minimum absolute atomic E-state index is 0.0887. The first kappa shape index (κ1) is 17.7. The molecule has 0 aromatic heterocycles. The van der Waals surface area contributed by atoms with Crippen LogP contribution in [-0.4, -0.2) is 33.6 Å². The van der Waals surface area contributed by atoms with Gasteiger partial charge in [-0.2, -0.15) is 21.6 Å². The van der Waals surface area contributed by atoms with Gasteiger partial charge in [-0.1, -0.05) is 36.4 Å². The van der Waals surface area contributed by atoms with Gasteiger partial charge >= 0.3 is 6.18 Å². The van der Waals surface area contributed by atoms with Crippen LogP contribution in [0.25, 0.3) is 0 Å². The summed E-state index contributed by atoms with van der Waals surface area (Å²) in [6.45, 7) is 0.156. The average Bonchev–Trinajstić information content (AvgIpc) is 2.35. The molecule has 21 heavy (non-hydrogen) atoms. The summed E-state index contributed by atoms with van der Waals surface area (Å²) in [5, 5.41) is 0. The number of benzene rings is 1. The maximum absolute atomic E-state index is 12.5. The summed E-state index contributed by atoms with van der Waals surface area (Å²) < 4.78 is 68.3. The van der Waals surface area contributed by atoms with Crippen molar-refractivity contribution >= 4 is 10.1 Å². The van der Waals surface area contributed by atoms with E-state index in [1.165, 1.54) is 0 Å². The number of rotatable bonds is 7. The zero-order chi connectivity index (χ0) is 15.9. The first-order valence-corrected chi connectivity index (χ1v) is 7.73. The van der Waals surface area contributed by atoms with E-state index in [2.05, 4.69) is 4.18 Å². The molecule has 0 amide bonds. The summed E-state index contributed by atoms with van der Waals surface area (Å²) in [5.41, 5.74) is 0.880. The van der Waals surface area contributed by atoms with Crippen LogP contribution < -0.4 is 0 Å². The molecule has 1 unspecified atom stereocenters. The molecule has 8 heteroatoms. The van der Waals surface area contributed by atoms with Gasteiger partial charge < -0.3 is 4.74 Å². The van der Waals surface area contributed by atoms with E-state index in [1.54, 1.807) is 0 Å². The van der Waals surface area contributed by atoms with Crippen molar-refractivity contribution in [2.45, 2.75) is 18.9 Å². The van der Waals surface area contributed by atoms with Gasteiger partial charge in [0.2, 0.25) is 0 Å². The second-order valence-corrected chi connectivity index (χ2v) is 5.79. The lowest BCUT2D eigenvalue weighted by Gasteiger charge is -2.15. The van der Waals surface area contributed by atoms with Crippen molar-refractivity contribution in [2.24, 2.45) is 0 Å². The van der Waals surface area contributed by atoms with Crippen molar-refractivity contribution < 1.29 is 30.5 Å². The normalized spacial score (nSPS) is 14.5. The van der Waals surface area contributed by atoms with E-state index in [1.807, 2.05) is 30.3 Å². The second-order valence-electron chi connectivity index (χ2n) is 4.19. The SMILES string of the molecule is CS(=O)(=O)OC(/C=C/COCc1ccccc1)C(F)(F)F. The van der Waals surface area contributed by atoms with E-state index >= 15 is 0 Å². The van der Waals surface area contributed by atoms with Gasteiger partial charge in [-0.25, -0.2) is 0 Å². The van der Waals surface area contributed by atoms with Gasteiger partial charge in [0.15, 0.2) is 6.10 Å². The highest BCUT2D eigenvalue weighted by Gasteiger charge is 2.41. The molecule has 0 spiro atoms. The number of alkyl halides is 3. The smallest absolute Gasteiger partial charge is 0.373 e. The van der Waals surface area contributed by atoms with Crippen LogP contribution in [0.3, 0.4) is 0 Å². The Bertz CT molecular complexity index is 553. The fraction of sp³-hybridized carbons (Fsp3) is 0.385. The highest BCUT2D eigenvalue weighted by molar-refractivity contribution is 7.86. The zero-order valence-corrected chi connectivity index (χ0v) is 12.0. The first-order valence-electron chi connectivity index (χ1n) is 5.92. The Kier molecular flexibility index (Phi) is 6.38. The minimum Gasteiger partial charge on any atom is -0.373 e. The van der Waals surface area contributed by atoms with Gasteiger partial charge in [-0.05, 0) is 11.6 Å². The largest absolute Gasteiger partial charge is 0.419 e. The Morgan fingerprint density at radius 3 is 2.38 bits per heavy atom. The predicted molar refractivity (Wildman–Crippen MR) is 71.0 cm³/mol. The predicted octanol–water partition coefficient (Wildman–Crippen LogP) is 2.67. The lowest BCUT2D eigenvalue weighted by atomic mass is 10.2. The molecule has 0 bridgehead atoms. The zero-order valence-electron chi connectivity index (χ0n) is 11.2. The molecule has 0 radical (unpaired) electrons. The van der Waals surface area contributed by atoms with Crippen molar-refractivity contribution in [1.29, 1.82) is 0 Å². The summed E-state index contributed by atoms with van der Waals surface area (Å²) in [6, 6.07) is 9.09. The van der Waals surface area contributed by atoms with Crippen LogP contribution in [0.15, 0.2) is 42.5 Å². The van der Waals surface area contributed by atoms with Gasteiger partial charge in [0.05, 0.1) is 19.5 Å². The van der Waals surface area contributed by atoms with Crippen molar-refractivity contribution in [1.82, 2.24) is 0 Å². The van der Waals surface area contributed by atoms with Crippen LogP contribution in [0.4, 0.5) is 13.2 Å². The summed E-state index contributed by atoms with van der Waals surface area (Å²) in [6.07, 6.45) is -5.06. The van der Waals surface area contributed by atoms with E-state index in [4.69, 9.17) is 4.74 Å². The summed E-state index contributed by atoms with van der Waals surface area (Å²) in [7, 11) is -4.20. The Labute approximate surface area is 121 Å². The minimum atomic E-state index is -4.81. The maximum Gasteiger partial charge on any atom is 0.419 e. The quantitative estimate of drug-likeness (QED) is 0.440. The van der Waals surface area contributed by atoms with Crippen LogP contribution in [0.2, 0.25) is 0 Å². The molecule has 0 saturated heterocycles. The van der Waals surface area contributed by atoms with Crippen molar-refractivity contribution in [3.05, 3.63) is 48.0 Å². The fourth-order valence-electron chi connectivity index (χ4n) is 1.38. The molecule has 0 aliphatic heterocycles. The van der Waals surface area contributed by atoms with Crippen LogP contribution in [0.1, 0.15) is 5.56 Å². The van der Waals surface area contributed by atoms with Crippen LogP contribution in [0, 0.1) is 0 Å². The first-order chi connectivity index (χ1) is 9.68. The molecule has 4 nitrogen and oxygen atoms in total. The van der Waals surface area contributed by atoms with E-state index in [0.717, 1.165) is 11.6 Å². The van der Waals surface area contributed by atoms with Crippen LogP contribution in [0.5, 0.6) is 0 Å². The lowest BCUT2D eigenvalue weighted by Crippen LogP contribution is -2.31. The fourth-order valence-corrected chi connectivity index (χ4v) is 1.93. The molecule has 1 aromatic rings. The number of halogens is 3. The molecule has 0 heterocycles. The molecular weight excluding hydrogens is 309 g/mol. The Morgan fingerprint density at radius 1 is 1.24 bits per heavy atom. The molecule has 118 valence electrons. The standard InChI is InChI=1S/C13H15F3O4S/c1-21(17,18)20-12(13(14,15)16)8-5-9-19-10-11-6-3-2-4-7-11/h2-8,12H,9-10H2,1H3/b8-5+. The van der Waals surface area contributed by atoms with Gasteiger partial charge in [0.25, 0.3) is 10.1 Å². The molecule has 0 fully saturated rings. The third-order valence-electron chi connectivity index (χ3n) is 2.24. The van der Waals surface area contributed by atoms with Gasteiger partial charge in [0, 0.05) is 0 Å². The van der Waals surface area contributed by atoms with Crippen LogP contribution >= 0.6 is 0 Å². The van der Waals surface area contributed by atoms with Gasteiger partial charge in [-0.3, -0.25) is 4.18 Å². The van der Waals surface area contributed by atoms with Crippen molar-refractivity contribution in [3.63, 3.8) is 0 Å². The summed E-state index contributed by atoms with van der Waals surface area (Å²) in [5.74, 6) is 0. The van der Waals surface area contributed by atoms with Crippen LogP contribution in [-0.2, 0) is 25.6 Å². The molecule has 1 atom stereocenters. The third-order valence-corrected chi connectivity index (χ3v) is 2.79. The number of ether oxygens (including phenoxy) is 1. The Balaban J connectivity index is 2.48. The van der Waals surface area contributed by atoms with E-state index in [-0.39, 0.29) is 13.2 Å². The van der Waals surface area contributed by atoms with Crippen molar-refractivity contribution in [2.75, 3.05) is 12.9 Å². The van der Waals surface area contributed by atoms with Gasteiger partial charge in [-0.15, -0.1) is 0 Å². The highest BCUT2D eigenvalue weighted by atomic mass is 32.2. The average molecular weight is 324 g/mol. The molecule has 1 rings (SSSR count). The van der Waals surface area contributed by atoms with Gasteiger partial charge in [0.1, 0.15) is 0 Å². The van der Waals surface area contributed by atoms with E-state index < -0.39 is 22.4 Å². The Hall–Kier alpha value is -1.38. The topological polar surface area (TPSA) is 52.6 Å². The van der Waals surface area contributed by atoms with E-state index in [9.17, 15) is 21.6 Å². The van der Waals surface area contributed by atoms with E-state index in [0.29, 0.717) is 12.3 Å². The number of hydrogen-bond donors (Lipinski definition) is 0. The molecule has 0 aliphatic carbocycles. The molecule has 0 saturated carbocycles. The Morgan fingerprint density at radius 2 is 1.86 bits per heavy atom. The third kappa shape index (κ3) is 7.84. The molecular formula is C13H15F3O4S. The lowest BCUT2D eigenvalue weighted by molar-refractivity contribution is -0.178. The maximum atomic E-state index is 12.5. The molecule has 1 aromatic carbocycles. The number of hydrogen-bond acceptors (Lipinski definition) is 4.